The maximum atomic E-state index is 5.76. The summed E-state index contributed by atoms with van der Waals surface area (Å²) in [6, 6.07) is 10.2. The molecule has 0 saturated carbocycles. The topological polar surface area (TPSA) is 9.23 Å². The third kappa shape index (κ3) is 8.09. The molecule has 0 unspecified atom stereocenters. The van der Waals surface area contributed by atoms with E-state index in [0.29, 0.717) is 0 Å². The van der Waals surface area contributed by atoms with Crippen molar-refractivity contribution < 1.29 is 4.43 Å². The average molecular weight is 264 g/mol. The summed E-state index contributed by atoms with van der Waals surface area (Å²) < 4.78 is 5.76. The number of benzene rings is 1. The Morgan fingerprint density at radius 1 is 1.18 bits per heavy atom. The van der Waals surface area contributed by atoms with Crippen molar-refractivity contribution in [1.82, 2.24) is 0 Å². The lowest BCUT2D eigenvalue weighted by atomic mass is 10.3. The van der Waals surface area contributed by atoms with E-state index < -0.39 is 8.32 Å². The molecule has 3 heteroatoms. The van der Waals surface area contributed by atoms with E-state index in [1.165, 1.54) is 4.90 Å². The third-order valence-corrected chi connectivity index (χ3v) is 3.79. The summed E-state index contributed by atoms with van der Waals surface area (Å²) in [6.07, 6.45) is 1.96. The van der Waals surface area contributed by atoms with Gasteiger partial charge in [0.25, 0.3) is 0 Å². The normalized spacial score (nSPS) is 10.8. The van der Waals surface area contributed by atoms with Crippen LogP contribution in [0.1, 0.15) is 12.8 Å². The second-order valence-corrected chi connectivity index (χ2v) is 10.2. The Kier molecular flexibility index (Phi) is 6.42. The molecule has 0 heterocycles. The molecule has 1 nitrogen and oxygen atoms in total. The van der Waals surface area contributed by atoms with Gasteiger partial charge in [0.05, 0.1) is 0 Å². The molecule has 0 fully saturated rings. The van der Waals surface area contributed by atoms with Gasteiger partial charge in [0.1, 0.15) is 0 Å². The van der Waals surface area contributed by atoms with Crippen molar-refractivity contribution in [2.45, 2.75) is 37.4 Å². The first kappa shape index (κ1) is 14.4. The zero-order chi connectivity index (χ0) is 12.6. The summed E-state index contributed by atoms with van der Waals surface area (Å²) in [5.41, 5.74) is 0. The number of hydrogen-bond acceptors (Lipinski definition) is 2. The molecular formula is C14H20OSSi. The van der Waals surface area contributed by atoms with Crippen LogP contribution in [0.4, 0.5) is 0 Å². The molecule has 0 amide bonds. The van der Waals surface area contributed by atoms with E-state index in [1.807, 2.05) is 18.2 Å². The lowest BCUT2D eigenvalue weighted by Gasteiger charge is -2.16. The summed E-state index contributed by atoms with van der Waals surface area (Å²) in [5.74, 6) is 3.17. The van der Waals surface area contributed by atoms with Crippen LogP contribution in [0.5, 0.6) is 0 Å². The summed E-state index contributed by atoms with van der Waals surface area (Å²) in [4.78, 5) is 1.21. The Labute approximate surface area is 110 Å². The Morgan fingerprint density at radius 3 is 2.53 bits per heavy atom. The smallest absolute Gasteiger partial charge is 0.183 e. The molecule has 0 spiro atoms. The highest BCUT2D eigenvalue weighted by molar-refractivity contribution is 8.03. The molecule has 1 aromatic carbocycles. The van der Waals surface area contributed by atoms with E-state index in [0.717, 1.165) is 19.4 Å². The first-order chi connectivity index (χ1) is 8.08. The minimum atomic E-state index is -1.33. The number of rotatable bonds is 5. The molecule has 0 bridgehead atoms. The predicted molar refractivity (Wildman–Crippen MR) is 78.6 cm³/mol. The molecule has 1 aromatic rings. The fraction of sp³-hybridized carbons (Fsp3) is 0.429. The molecule has 17 heavy (non-hydrogen) atoms. The van der Waals surface area contributed by atoms with Crippen molar-refractivity contribution in [2.24, 2.45) is 0 Å². The van der Waals surface area contributed by atoms with Crippen molar-refractivity contribution in [2.75, 3.05) is 6.61 Å². The van der Waals surface area contributed by atoms with Crippen LogP contribution in [0.2, 0.25) is 19.6 Å². The van der Waals surface area contributed by atoms with Crippen molar-refractivity contribution >= 4 is 20.1 Å². The molecule has 0 aliphatic carbocycles. The first-order valence-corrected chi connectivity index (χ1v) is 10.1. The number of thioether (sulfide) groups is 1. The van der Waals surface area contributed by atoms with Crippen molar-refractivity contribution in [1.29, 1.82) is 0 Å². The van der Waals surface area contributed by atoms with E-state index in [2.05, 4.69) is 42.9 Å². The average Bonchev–Trinajstić information content (AvgIpc) is 2.28. The van der Waals surface area contributed by atoms with E-state index in [-0.39, 0.29) is 0 Å². The van der Waals surface area contributed by atoms with Gasteiger partial charge < -0.3 is 4.43 Å². The lowest BCUT2D eigenvalue weighted by Crippen LogP contribution is -2.25. The molecule has 0 atom stereocenters. The first-order valence-electron chi connectivity index (χ1n) is 5.92. The Morgan fingerprint density at radius 2 is 1.88 bits per heavy atom. The van der Waals surface area contributed by atoms with Crippen molar-refractivity contribution in [3.8, 4) is 11.2 Å². The van der Waals surface area contributed by atoms with Crippen LogP contribution in [0, 0.1) is 11.2 Å². The maximum Gasteiger partial charge on any atom is 0.183 e. The van der Waals surface area contributed by atoms with Crippen LogP contribution >= 0.6 is 11.8 Å². The highest BCUT2D eigenvalue weighted by atomic mass is 32.2. The highest BCUT2D eigenvalue weighted by Crippen LogP contribution is 2.14. The Balaban J connectivity index is 2.12. The standard InChI is InChI=1S/C14H20OSSi/c1-17(2,3)15-12-8-5-9-13-16-14-10-6-4-7-11-14/h4,6-7,10-11H,5,8,12H2,1-3H3. The Hall–Kier alpha value is -0.693. The second-order valence-electron chi connectivity index (χ2n) is 4.76. The van der Waals surface area contributed by atoms with Crippen LogP contribution in [0.3, 0.4) is 0 Å². The summed E-state index contributed by atoms with van der Waals surface area (Å²) >= 11 is 1.59. The minimum absolute atomic E-state index is 0.848. The number of unbranched alkanes of at least 4 members (excludes halogenated alkanes) is 1. The molecule has 0 saturated heterocycles. The fourth-order valence-corrected chi connectivity index (χ4v) is 2.52. The molecule has 0 aliphatic rings. The molecular weight excluding hydrogens is 244 g/mol. The van der Waals surface area contributed by atoms with Gasteiger partial charge in [0.2, 0.25) is 0 Å². The van der Waals surface area contributed by atoms with E-state index in [9.17, 15) is 0 Å². The van der Waals surface area contributed by atoms with Gasteiger partial charge in [-0.1, -0.05) is 24.1 Å². The maximum absolute atomic E-state index is 5.76. The van der Waals surface area contributed by atoms with Gasteiger partial charge in [-0.3, -0.25) is 0 Å². The largest absolute Gasteiger partial charge is 0.418 e. The van der Waals surface area contributed by atoms with Crippen molar-refractivity contribution in [3.63, 3.8) is 0 Å². The summed E-state index contributed by atoms with van der Waals surface area (Å²) in [6.45, 7) is 7.48. The van der Waals surface area contributed by atoms with Crippen LogP contribution in [-0.2, 0) is 4.43 Å². The summed E-state index contributed by atoms with van der Waals surface area (Å²) in [5, 5.41) is 3.12. The van der Waals surface area contributed by atoms with E-state index >= 15 is 0 Å². The zero-order valence-corrected chi connectivity index (χ0v) is 12.6. The minimum Gasteiger partial charge on any atom is -0.418 e. The van der Waals surface area contributed by atoms with Crippen LogP contribution in [0.15, 0.2) is 35.2 Å². The van der Waals surface area contributed by atoms with Gasteiger partial charge in [-0.25, -0.2) is 0 Å². The van der Waals surface area contributed by atoms with Crippen LogP contribution < -0.4 is 0 Å². The van der Waals surface area contributed by atoms with Gasteiger partial charge in [-0.05, 0) is 55.2 Å². The zero-order valence-electron chi connectivity index (χ0n) is 10.8. The highest BCUT2D eigenvalue weighted by Gasteiger charge is 2.12. The van der Waals surface area contributed by atoms with Gasteiger partial charge in [0, 0.05) is 17.9 Å². The molecule has 0 N–H and O–H groups in total. The molecule has 1 rings (SSSR count). The van der Waals surface area contributed by atoms with Crippen LogP contribution in [-0.4, -0.2) is 14.9 Å². The fourth-order valence-electron chi connectivity index (χ4n) is 1.17. The van der Waals surface area contributed by atoms with E-state index in [4.69, 9.17) is 4.43 Å². The molecule has 0 aromatic heterocycles. The number of hydrogen-bond donors (Lipinski definition) is 0. The SMILES string of the molecule is C[Si](C)(C)OCCCC#CSc1ccccc1. The van der Waals surface area contributed by atoms with Gasteiger partial charge in [-0.15, -0.1) is 0 Å². The molecule has 0 aliphatic heterocycles. The molecule has 92 valence electrons. The van der Waals surface area contributed by atoms with Gasteiger partial charge in [-0.2, -0.15) is 0 Å². The second kappa shape index (κ2) is 7.60. The van der Waals surface area contributed by atoms with Gasteiger partial charge >= 0.3 is 0 Å². The predicted octanol–water partition coefficient (Wildman–Crippen LogP) is 4.37. The third-order valence-electron chi connectivity index (χ3n) is 1.97. The lowest BCUT2D eigenvalue weighted by molar-refractivity contribution is 0.307. The monoisotopic (exact) mass is 264 g/mol. The summed E-state index contributed by atoms with van der Waals surface area (Å²) in [7, 11) is -1.33. The molecule has 0 radical (unpaired) electrons. The van der Waals surface area contributed by atoms with Gasteiger partial charge in [0.15, 0.2) is 8.32 Å². The van der Waals surface area contributed by atoms with Crippen LogP contribution in [0.25, 0.3) is 0 Å². The quantitative estimate of drug-likeness (QED) is 0.338. The Bertz CT molecular complexity index is 373. The van der Waals surface area contributed by atoms with E-state index in [1.54, 1.807) is 11.8 Å². The van der Waals surface area contributed by atoms with Crippen molar-refractivity contribution in [3.05, 3.63) is 30.3 Å².